The van der Waals surface area contributed by atoms with Crippen LogP contribution in [-0.4, -0.2) is 103 Å². The lowest BCUT2D eigenvalue weighted by molar-refractivity contribution is -0.128. The molecule has 0 N–H and O–H groups in total. The number of nitriles is 1. The lowest BCUT2D eigenvalue weighted by Crippen LogP contribution is -2.60. The number of fused-ring (bicyclic) bond motifs is 2. The van der Waals surface area contributed by atoms with Crippen LogP contribution in [0.1, 0.15) is 36.1 Å². The smallest absolute Gasteiger partial charge is 0.251 e. The molecule has 0 bridgehead atoms. The molecule has 6 rings (SSSR count). The molecule has 2 atom stereocenters. The minimum Gasteiger partial charge on any atom is -0.368 e. The van der Waals surface area contributed by atoms with Crippen molar-refractivity contribution in [2.75, 3.05) is 67.6 Å². The van der Waals surface area contributed by atoms with Crippen LogP contribution in [0.2, 0.25) is 0 Å². The first-order chi connectivity index (χ1) is 21.2. The average Bonchev–Trinajstić information content (AvgIpc) is 2.98. The van der Waals surface area contributed by atoms with Crippen LogP contribution < -0.4 is 14.7 Å². The van der Waals surface area contributed by atoms with Gasteiger partial charge in [-0.15, -0.1) is 0 Å². The SMILES string of the molecule is C=CC(=O)N1CCN(c2nc(N3CC(N(C)CC(F)F)C3)nc3c2CCC(N2CCCc4ccc(F)cc42)C3)CC1CC#N. The summed E-state index contributed by atoms with van der Waals surface area (Å²) < 4.78 is 40.3. The number of carbonyl (C=O) groups is 1. The Kier molecular flexibility index (Phi) is 8.67. The zero-order chi connectivity index (χ0) is 31.0. The maximum Gasteiger partial charge on any atom is 0.251 e. The molecule has 2 fully saturated rings. The highest BCUT2D eigenvalue weighted by atomic mass is 19.3. The Morgan fingerprint density at radius 1 is 1.18 bits per heavy atom. The number of anilines is 3. The van der Waals surface area contributed by atoms with Crippen molar-refractivity contribution >= 4 is 23.4 Å². The van der Waals surface area contributed by atoms with Crippen molar-refractivity contribution in [3.63, 3.8) is 0 Å². The monoisotopic (exact) mass is 608 g/mol. The number of hydrogen-bond acceptors (Lipinski definition) is 8. The van der Waals surface area contributed by atoms with Gasteiger partial charge in [-0.2, -0.15) is 10.2 Å². The number of aromatic nitrogens is 2. The highest BCUT2D eigenvalue weighted by molar-refractivity contribution is 5.87. The first-order valence-corrected chi connectivity index (χ1v) is 15.5. The van der Waals surface area contributed by atoms with Crippen LogP contribution >= 0.6 is 0 Å². The maximum atomic E-state index is 14.3. The van der Waals surface area contributed by atoms with E-state index in [1.807, 2.05) is 11.0 Å². The summed E-state index contributed by atoms with van der Waals surface area (Å²) in [6.07, 6.45) is 3.37. The molecule has 1 amide bonds. The molecule has 2 aromatic rings. The third kappa shape index (κ3) is 5.94. The molecule has 3 aliphatic heterocycles. The van der Waals surface area contributed by atoms with Crippen LogP contribution in [0.15, 0.2) is 30.9 Å². The number of piperazine rings is 1. The Morgan fingerprint density at radius 2 is 2.00 bits per heavy atom. The van der Waals surface area contributed by atoms with Gasteiger partial charge in [0.2, 0.25) is 11.9 Å². The summed E-state index contributed by atoms with van der Waals surface area (Å²) in [5.41, 5.74) is 4.17. The number of halogens is 3. The van der Waals surface area contributed by atoms with Crippen LogP contribution in [0, 0.1) is 17.1 Å². The van der Waals surface area contributed by atoms with Crippen LogP contribution in [0.3, 0.4) is 0 Å². The van der Waals surface area contributed by atoms with Crippen molar-refractivity contribution in [2.45, 2.75) is 63.1 Å². The van der Waals surface area contributed by atoms with E-state index in [4.69, 9.17) is 9.97 Å². The highest BCUT2D eigenvalue weighted by Gasteiger charge is 2.38. The van der Waals surface area contributed by atoms with E-state index in [1.54, 1.807) is 22.9 Å². The van der Waals surface area contributed by atoms with E-state index in [0.717, 1.165) is 55.0 Å². The molecule has 1 aromatic carbocycles. The van der Waals surface area contributed by atoms with Gasteiger partial charge in [-0.25, -0.2) is 18.2 Å². The lowest BCUT2D eigenvalue weighted by Gasteiger charge is -2.46. The van der Waals surface area contributed by atoms with Gasteiger partial charge in [0.05, 0.1) is 30.8 Å². The number of carbonyl (C=O) groups excluding carboxylic acids is 1. The van der Waals surface area contributed by atoms with Gasteiger partial charge >= 0.3 is 0 Å². The largest absolute Gasteiger partial charge is 0.368 e. The number of hydrogen-bond donors (Lipinski definition) is 0. The molecule has 2 saturated heterocycles. The molecule has 9 nitrogen and oxygen atoms in total. The second kappa shape index (κ2) is 12.6. The van der Waals surface area contributed by atoms with Crippen molar-refractivity contribution in [2.24, 2.45) is 0 Å². The minimum atomic E-state index is -2.39. The molecule has 1 aromatic heterocycles. The molecule has 4 heterocycles. The Morgan fingerprint density at radius 3 is 2.75 bits per heavy atom. The Bertz CT molecular complexity index is 1440. The molecule has 0 saturated carbocycles. The van der Waals surface area contributed by atoms with E-state index in [1.165, 1.54) is 17.7 Å². The zero-order valence-corrected chi connectivity index (χ0v) is 25.1. The van der Waals surface area contributed by atoms with Gasteiger partial charge in [-0.3, -0.25) is 9.69 Å². The summed E-state index contributed by atoms with van der Waals surface area (Å²) in [5.74, 6) is 0.985. The zero-order valence-electron chi connectivity index (χ0n) is 25.1. The van der Waals surface area contributed by atoms with E-state index in [9.17, 15) is 23.2 Å². The van der Waals surface area contributed by atoms with Gasteiger partial charge in [0.25, 0.3) is 6.43 Å². The quantitative estimate of drug-likeness (QED) is 0.422. The summed E-state index contributed by atoms with van der Waals surface area (Å²) in [7, 11) is 1.72. The molecule has 44 heavy (non-hydrogen) atoms. The fraction of sp³-hybridized carbons (Fsp3) is 0.562. The van der Waals surface area contributed by atoms with E-state index in [-0.39, 0.29) is 42.8 Å². The second-order valence-corrected chi connectivity index (χ2v) is 12.3. The number of likely N-dealkylation sites (N-methyl/N-ethyl adjacent to an activating group) is 1. The summed E-state index contributed by atoms with van der Waals surface area (Å²) >= 11 is 0. The Balaban J connectivity index is 1.30. The first-order valence-electron chi connectivity index (χ1n) is 15.5. The third-order valence-electron chi connectivity index (χ3n) is 9.62. The lowest BCUT2D eigenvalue weighted by atomic mass is 9.88. The summed E-state index contributed by atoms with van der Waals surface area (Å²) in [5, 5.41) is 9.52. The minimum absolute atomic E-state index is 0.00644. The van der Waals surface area contributed by atoms with E-state index < -0.39 is 6.43 Å². The Hall–Kier alpha value is -3.85. The van der Waals surface area contributed by atoms with E-state index in [2.05, 4.69) is 22.4 Å². The number of nitrogens with zero attached hydrogens (tertiary/aromatic N) is 8. The van der Waals surface area contributed by atoms with Crippen LogP contribution in [0.5, 0.6) is 0 Å². The number of amides is 1. The van der Waals surface area contributed by atoms with Gasteiger partial charge in [0, 0.05) is 69.0 Å². The van der Waals surface area contributed by atoms with E-state index in [0.29, 0.717) is 45.1 Å². The first kappa shape index (κ1) is 30.2. The van der Waals surface area contributed by atoms with Crippen LogP contribution in [0.4, 0.5) is 30.6 Å². The summed E-state index contributed by atoms with van der Waals surface area (Å²) in [6, 6.07) is 7.17. The number of alkyl halides is 2. The molecule has 0 radical (unpaired) electrons. The predicted octanol–water partition coefficient (Wildman–Crippen LogP) is 3.43. The number of rotatable bonds is 8. The maximum absolute atomic E-state index is 14.3. The molecule has 234 valence electrons. The normalized spacial score (nSPS) is 22.0. The fourth-order valence-corrected chi connectivity index (χ4v) is 7.19. The second-order valence-electron chi connectivity index (χ2n) is 12.3. The van der Waals surface area contributed by atoms with Crippen molar-refractivity contribution in [1.29, 1.82) is 5.26 Å². The van der Waals surface area contributed by atoms with E-state index >= 15 is 0 Å². The van der Waals surface area contributed by atoms with Gasteiger partial charge in [-0.1, -0.05) is 12.6 Å². The molecule has 4 aliphatic rings. The molecule has 2 unspecified atom stereocenters. The van der Waals surface area contributed by atoms with Crippen molar-refractivity contribution in [3.05, 3.63) is 53.5 Å². The van der Waals surface area contributed by atoms with Crippen molar-refractivity contribution in [3.8, 4) is 6.07 Å². The number of benzene rings is 1. The van der Waals surface area contributed by atoms with Gasteiger partial charge in [0.1, 0.15) is 11.6 Å². The molecule has 12 heteroatoms. The van der Waals surface area contributed by atoms with Crippen LogP contribution in [0.25, 0.3) is 0 Å². The Labute approximate surface area is 256 Å². The summed E-state index contributed by atoms with van der Waals surface area (Å²) in [4.78, 5) is 32.6. The molecular formula is C32H39F3N8O. The molecule has 1 aliphatic carbocycles. The highest BCUT2D eigenvalue weighted by Crippen LogP contribution is 2.37. The van der Waals surface area contributed by atoms with Crippen molar-refractivity contribution < 1.29 is 18.0 Å². The molecular weight excluding hydrogens is 569 g/mol. The molecule has 0 spiro atoms. The third-order valence-corrected chi connectivity index (χ3v) is 9.62. The van der Waals surface area contributed by atoms with Gasteiger partial charge in [0.15, 0.2) is 0 Å². The standard InChI is InChI=1S/C32H39F3N8O/c1-3-30(44)43-14-13-40(17-24(43)10-11-36)31-26-9-8-23(42-12-4-5-21-6-7-22(33)15-28(21)42)16-27(26)37-32(38-31)41-18-25(19-41)39(2)20-29(34)35/h3,6-7,15,23-25,29H,1,4-5,8-10,12-14,16-20H2,2H3. The van der Waals surface area contributed by atoms with Crippen molar-refractivity contribution in [1.82, 2.24) is 19.8 Å². The summed E-state index contributed by atoms with van der Waals surface area (Å²) in [6.45, 7) is 6.81. The number of aryl methyl sites for hydroxylation is 1. The van der Waals surface area contributed by atoms with Crippen LogP contribution in [-0.2, 0) is 24.1 Å². The fourth-order valence-electron chi connectivity index (χ4n) is 7.19. The van der Waals surface area contributed by atoms with Gasteiger partial charge < -0.3 is 19.6 Å². The predicted molar refractivity (Wildman–Crippen MR) is 163 cm³/mol. The topological polar surface area (TPSA) is 82.8 Å². The average molecular weight is 609 g/mol. The van der Waals surface area contributed by atoms with Gasteiger partial charge in [-0.05, 0) is 56.5 Å².